The third-order valence-corrected chi connectivity index (χ3v) is 5.48. The summed E-state index contributed by atoms with van der Waals surface area (Å²) in [6.45, 7) is 9.83. The van der Waals surface area contributed by atoms with Crippen LogP contribution in [0.2, 0.25) is 0 Å². The predicted molar refractivity (Wildman–Crippen MR) is 116 cm³/mol. The fourth-order valence-electron chi connectivity index (χ4n) is 2.95. The standard InChI is InChI=1S/C20H26BrN5O3/c1-4-26-5-6-28-15(11-26)12-29-18-7-13(2)16(21)8-17(18)24-20(27)25-19-10-22-14(3)9-23-19/h7-10,15H,4-6,11-12H2,1-3H3,(H2,23,24,25,27)/t15-/m0/s1. The van der Waals surface area contributed by atoms with Gasteiger partial charge in [-0.3, -0.25) is 15.2 Å². The number of anilines is 2. The zero-order chi connectivity index (χ0) is 20.8. The number of ether oxygens (including phenoxy) is 2. The summed E-state index contributed by atoms with van der Waals surface area (Å²) < 4.78 is 12.7. The summed E-state index contributed by atoms with van der Waals surface area (Å²) in [4.78, 5) is 23.0. The van der Waals surface area contributed by atoms with E-state index in [9.17, 15) is 4.79 Å². The van der Waals surface area contributed by atoms with Gasteiger partial charge in [0, 0.05) is 17.6 Å². The molecular weight excluding hydrogens is 438 g/mol. The minimum atomic E-state index is -0.421. The van der Waals surface area contributed by atoms with Gasteiger partial charge in [0.05, 0.1) is 30.4 Å². The quantitative estimate of drug-likeness (QED) is 0.680. The first-order valence-corrected chi connectivity index (χ1v) is 10.4. The highest BCUT2D eigenvalue weighted by Gasteiger charge is 2.21. The summed E-state index contributed by atoms with van der Waals surface area (Å²) in [7, 11) is 0. The van der Waals surface area contributed by atoms with Gasteiger partial charge in [0.2, 0.25) is 0 Å². The topological polar surface area (TPSA) is 88.6 Å². The van der Waals surface area contributed by atoms with Crippen LogP contribution in [-0.4, -0.2) is 59.9 Å². The normalized spacial score (nSPS) is 17.0. The first-order chi connectivity index (χ1) is 13.9. The van der Waals surface area contributed by atoms with Crippen LogP contribution in [0, 0.1) is 13.8 Å². The van der Waals surface area contributed by atoms with Crippen LogP contribution in [0.1, 0.15) is 18.2 Å². The highest BCUT2D eigenvalue weighted by atomic mass is 79.9. The number of carbonyl (C=O) groups is 1. The van der Waals surface area contributed by atoms with Crippen LogP contribution in [-0.2, 0) is 4.74 Å². The molecule has 2 N–H and O–H groups in total. The van der Waals surface area contributed by atoms with Crippen molar-refractivity contribution in [3.05, 3.63) is 40.3 Å². The number of rotatable bonds is 6. The molecule has 2 aromatic rings. The summed E-state index contributed by atoms with van der Waals surface area (Å²) >= 11 is 3.51. The lowest BCUT2D eigenvalue weighted by Crippen LogP contribution is -2.44. The van der Waals surface area contributed by atoms with Crippen LogP contribution in [0.4, 0.5) is 16.3 Å². The third-order valence-electron chi connectivity index (χ3n) is 4.63. The Morgan fingerprint density at radius 2 is 2.14 bits per heavy atom. The molecule has 1 aliphatic rings. The number of hydrogen-bond acceptors (Lipinski definition) is 6. The minimum absolute atomic E-state index is 0.00263. The maximum Gasteiger partial charge on any atom is 0.325 e. The first kappa shape index (κ1) is 21.5. The van der Waals surface area contributed by atoms with E-state index in [-0.39, 0.29) is 6.10 Å². The smallest absolute Gasteiger partial charge is 0.325 e. The number of halogens is 1. The van der Waals surface area contributed by atoms with Gasteiger partial charge < -0.3 is 14.8 Å². The van der Waals surface area contributed by atoms with Crippen molar-refractivity contribution >= 4 is 33.5 Å². The molecule has 1 aromatic heterocycles. The van der Waals surface area contributed by atoms with Crippen molar-refractivity contribution in [2.45, 2.75) is 26.9 Å². The highest BCUT2D eigenvalue weighted by molar-refractivity contribution is 9.10. The van der Waals surface area contributed by atoms with E-state index in [0.717, 1.165) is 35.4 Å². The number of nitrogens with one attached hydrogen (secondary N) is 2. The Bertz CT molecular complexity index is 847. The molecule has 1 aromatic carbocycles. The van der Waals surface area contributed by atoms with E-state index in [2.05, 4.69) is 48.4 Å². The first-order valence-electron chi connectivity index (χ1n) is 9.58. The van der Waals surface area contributed by atoms with Gasteiger partial charge in [0.25, 0.3) is 0 Å². The number of nitrogens with zero attached hydrogens (tertiary/aromatic N) is 3. The predicted octanol–water partition coefficient (Wildman–Crippen LogP) is 3.60. The summed E-state index contributed by atoms with van der Waals surface area (Å²) in [5, 5.41) is 5.50. The Morgan fingerprint density at radius 3 is 2.86 bits per heavy atom. The second-order valence-corrected chi connectivity index (χ2v) is 7.77. The lowest BCUT2D eigenvalue weighted by atomic mass is 10.2. The molecule has 1 saturated heterocycles. The lowest BCUT2D eigenvalue weighted by Gasteiger charge is -2.32. The molecule has 8 nitrogen and oxygen atoms in total. The molecule has 1 atom stereocenters. The van der Waals surface area contributed by atoms with Crippen molar-refractivity contribution in [2.75, 3.05) is 43.5 Å². The summed E-state index contributed by atoms with van der Waals surface area (Å²) in [5.41, 5.74) is 2.35. The molecule has 0 aliphatic carbocycles. The number of carbonyl (C=O) groups excluding carboxylic acids is 1. The molecule has 0 saturated carbocycles. The summed E-state index contributed by atoms with van der Waals surface area (Å²) in [6.07, 6.45) is 3.10. The fraction of sp³-hybridized carbons (Fsp3) is 0.450. The maximum absolute atomic E-state index is 12.4. The lowest BCUT2D eigenvalue weighted by molar-refractivity contribution is -0.0463. The van der Waals surface area contributed by atoms with Crippen molar-refractivity contribution in [2.24, 2.45) is 0 Å². The third kappa shape index (κ3) is 6.12. The molecular formula is C20H26BrN5O3. The van der Waals surface area contributed by atoms with E-state index in [1.165, 1.54) is 6.20 Å². The largest absolute Gasteiger partial charge is 0.489 e. The molecule has 0 radical (unpaired) electrons. The number of aryl methyl sites for hydroxylation is 2. The van der Waals surface area contributed by atoms with Crippen LogP contribution in [0.15, 0.2) is 29.0 Å². The summed E-state index contributed by atoms with van der Waals surface area (Å²) in [5.74, 6) is 0.963. The van der Waals surface area contributed by atoms with Gasteiger partial charge in [-0.1, -0.05) is 22.9 Å². The molecule has 9 heteroatoms. The Morgan fingerprint density at radius 1 is 1.31 bits per heavy atom. The molecule has 2 heterocycles. The van der Waals surface area contributed by atoms with Gasteiger partial charge in [-0.2, -0.15) is 0 Å². The van der Waals surface area contributed by atoms with Crippen LogP contribution in [0.3, 0.4) is 0 Å². The van der Waals surface area contributed by atoms with Gasteiger partial charge in [0.1, 0.15) is 18.5 Å². The van der Waals surface area contributed by atoms with Crippen molar-refractivity contribution < 1.29 is 14.3 Å². The van der Waals surface area contributed by atoms with Gasteiger partial charge in [0.15, 0.2) is 5.82 Å². The maximum atomic E-state index is 12.4. The van der Waals surface area contributed by atoms with Crippen LogP contribution in [0.5, 0.6) is 5.75 Å². The number of aromatic nitrogens is 2. The van der Waals surface area contributed by atoms with Crippen LogP contribution in [0.25, 0.3) is 0 Å². The van der Waals surface area contributed by atoms with Crippen molar-refractivity contribution in [1.29, 1.82) is 0 Å². The fourth-order valence-corrected chi connectivity index (χ4v) is 3.29. The molecule has 29 heavy (non-hydrogen) atoms. The Balaban J connectivity index is 1.66. The molecule has 0 spiro atoms. The van der Waals surface area contributed by atoms with Crippen molar-refractivity contribution in [3.8, 4) is 5.75 Å². The molecule has 0 bridgehead atoms. The number of benzene rings is 1. The average Bonchev–Trinajstić information content (AvgIpc) is 2.71. The average molecular weight is 464 g/mol. The van der Waals surface area contributed by atoms with Gasteiger partial charge >= 0.3 is 6.03 Å². The molecule has 3 rings (SSSR count). The van der Waals surface area contributed by atoms with Crippen LogP contribution < -0.4 is 15.4 Å². The van der Waals surface area contributed by atoms with Gasteiger partial charge in [-0.05, 0) is 38.1 Å². The van der Waals surface area contributed by atoms with E-state index in [1.54, 1.807) is 6.20 Å². The summed E-state index contributed by atoms with van der Waals surface area (Å²) in [6, 6.07) is 3.30. The number of amides is 2. The Hall–Kier alpha value is -2.23. The number of hydrogen-bond donors (Lipinski definition) is 2. The zero-order valence-electron chi connectivity index (χ0n) is 16.9. The Labute approximate surface area is 179 Å². The number of morpholine rings is 1. The van der Waals surface area contributed by atoms with Crippen molar-refractivity contribution in [3.63, 3.8) is 0 Å². The second-order valence-electron chi connectivity index (χ2n) is 6.92. The highest BCUT2D eigenvalue weighted by Crippen LogP contribution is 2.32. The van der Waals surface area contributed by atoms with Gasteiger partial charge in [-0.15, -0.1) is 0 Å². The zero-order valence-corrected chi connectivity index (χ0v) is 18.5. The molecule has 0 unspecified atom stereocenters. The van der Waals surface area contributed by atoms with Crippen molar-refractivity contribution in [1.82, 2.24) is 14.9 Å². The van der Waals surface area contributed by atoms with E-state index in [1.807, 2.05) is 26.0 Å². The molecule has 1 aliphatic heterocycles. The van der Waals surface area contributed by atoms with Crippen LogP contribution >= 0.6 is 15.9 Å². The second kappa shape index (κ2) is 10.00. The number of urea groups is 1. The molecule has 156 valence electrons. The monoisotopic (exact) mass is 463 g/mol. The van der Waals surface area contributed by atoms with E-state index in [0.29, 0.717) is 30.5 Å². The van der Waals surface area contributed by atoms with E-state index in [4.69, 9.17) is 9.47 Å². The van der Waals surface area contributed by atoms with E-state index < -0.39 is 6.03 Å². The number of likely N-dealkylation sites (N-methyl/N-ethyl adjacent to an activating group) is 1. The van der Waals surface area contributed by atoms with Gasteiger partial charge in [-0.25, -0.2) is 9.78 Å². The Kier molecular flexibility index (Phi) is 7.40. The minimum Gasteiger partial charge on any atom is -0.489 e. The molecule has 2 amide bonds. The molecule has 1 fully saturated rings. The van der Waals surface area contributed by atoms with E-state index >= 15 is 0 Å². The SMILES string of the molecule is CCN1CCO[C@H](COc2cc(C)c(Br)cc2NC(=O)Nc2cnc(C)cn2)C1.